The predicted octanol–water partition coefficient (Wildman–Crippen LogP) is 1.88. The van der Waals surface area contributed by atoms with Crippen LogP contribution in [0, 0.1) is 5.82 Å². The maximum absolute atomic E-state index is 13.0. The molecule has 21 heavy (non-hydrogen) atoms. The summed E-state index contributed by atoms with van der Waals surface area (Å²) in [5.41, 5.74) is 0.544. The number of amidine groups is 1. The third-order valence-electron chi connectivity index (χ3n) is 2.44. The van der Waals surface area contributed by atoms with Crippen molar-refractivity contribution in [3.63, 3.8) is 0 Å². The molecule has 1 aromatic rings. The number of nitrogens with one attached hydrogen (secondary N) is 1. The topological polar surface area (TPSA) is 91.1 Å². The number of aliphatic carboxylic acids is 1. The molecule has 1 aliphatic heterocycles. The summed E-state index contributed by atoms with van der Waals surface area (Å²) in [4.78, 5) is 22.0. The lowest BCUT2D eigenvalue weighted by Crippen LogP contribution is -2.26. The van der Waals surface area contributed by atoms with Crippen LogP contribution < -0.4 is 5.32 Å². The van der Waals surface area contributed by atoms with Gasteiger partial charge in [-0.3, -0.25) is 9.59 Å². The summed E-state index contributed by atoms with van der Waals surface area (Å²) >= 11 is 6.61. The Kier molecular flexibility index (Phi) is 4.92. The molecule has 0 saturated carbocycles. The van der Waals surface area contributed by atoms with Crippen LogP contribution in [-0.4, -0.2) is 33.6 Å². The molecule has 0 radical (unpaired) electrons. The summed E-state index contributed by atoms with van der Waals surface area (Å²) < 4.78 is 13.0. The molecule has 1 amide bonds. The number of benzene rings is 1. The molecule has 1 atom stereocenters. The SMILES string of the molecule is O=C(O)CC1SC(=NN=Cc2ccc(F)c(Cl)c2)NC1=O. The highest BCUT2D eigenvalue weighted by Crippen LogP contribution is 2.22. The van der Waals surface area contributed by atoms with Crippen molar-refractivity contribution in [2.75, 3.05) is 0 Å². The minimum absolute atomic E-state index is 0.0309. The van der Waals surface area contributed by atoms with Crippen LogP contribution in [-0.2, 0) is 9.59 Å². The Morgan fingerprint density at radius 2 is 2.33 bits per heavy atom. The molecule has 1 aliphatic rings. The first-order chi connectivity index (χ1) is 9.95. The van der Waals surface area contributed by atoms with Gasteiger partial charge in [-0.1, -0.05) is 29.4 Å². The fourth-order valence-corrected chi connectivity index (χ4v) is 2.59. The van der Waals surface area contributed by atoms with E-state index in [0.717, 1.165) is 11.8 Å². The van der Waals surface area contributed by atoms with E-state index in [1.165, 1.54) is 24.4 Å². The zero-order valence-corrected chi connectivity index (χ0v) is 12.0. The van der Waals surface area contributed by atoms with Crippen LogP contribution in [0.25, 0.3) is 0 Å². The molecule has 2 N–H and O–H groups in total. The molecule has 110 valence electrons. The second-order valence-corrected chi connectivity index (χ2v) is 5.62. The number of carbonyl (C=O) groups excluding carboxylic acids is 1. The highest BCUT2D eigenvalue weighted by Gasteiger charge is 2.32. The Morgan fingerprint density at radius 3 is 3.00 bits per heavy atom. The second kappa shape index (κ2) is 6.68. The Balaban J connectivity index is 2.01. The van der Waals surface area contributed by atoms with Crippen molar-refractivity contribution in [3.05, 3.63) is 34.6 Å². The quantitative estimate of drug-likeness (QED) is 0.651. The number of halogens is 2. The number of nitrogens with zero attached hydrogens (tertiary/aromatic N) is 2. The van der Waals surface area contributed by atoms with E-state index in [1.54, 1.807) is 0 Å². The highest BCUT2D eigenvalue weighted by molar-refractivity contribution is 8.15. The van der Waals surface area contributed by atoms with Gasteiger partial charge in [0.2, 0.25) is 5.91 Å². The number of carboxylic acid groups (broad SMARTS) is 1. The average Bonchev–Trinajstić information content (AvgIpc) is 2.73. The maximum atomic E-state index is 13.0. The van der Waals surface area contributed by atoms with Gasteiger partial charge in [0.25, 0.3) is 0 Å². The standard InChI is InChI=1S/C12H9ClFN3O3S/c13-7-3-6(1-2-8(7)14)5-15-17-12-16-11(20)9(21-12)4-10(18)19/h1-3,5,9H,4H2,(H,18,19)(H,16,17,20). The van der Waals surface area contributed by atoms with Gasteiger partial charge in [0.1, 0.15) is 11.1 Å². The first-order valence-electron chi connectivity index (χ1n) is 5.71. The van der Waals surface area contributed by atoms with Gasteiger partial charge in [-0.2, -0.15) is 5.10 Å². The molecule has 0 bridgehead atoms. The van der Waals surface area contributed by atoms with Crippen LogP contribution in [0.15, 0.2) is 28.4 Å². The van der Waals surface area contributed by atoms with Crippen molar-refractivity contribution >= 4 is 46.6 Å². The maximum Gasteiger partial charge on any atom is 0.305 e. The number of hydrogen-bond donors (Lipinski definition) is 2. The summed E-state index contributed by atoms with van der Waals surface area (Å²) in [6.45, 7) is 0. The van der Waals surface area contributed by atoms with E-state index in [0.29, 0.717) is 5.56 Å². The third kappa shape index (κ3) is 4.27. The van der Waals surface area contributed by atoms with E-state index in [2.05, 4.69) is 15.5 Å². The molecule has 1 fully saturated rings. The third-order valence-corrected chi connectivity index (χ3v) is 3.80. The largest absolute Gasteiger partial charge is 0.481 e. The summed E-state index contributed by atoms with van der Waals surface area (Å²) in [7, 11) is 0. The van der Waals surface area contributed by atoms with Gasteiger partial charge in [-0.15, -0.1) is 5.10 Å². The molecular formula is C12H9ClFN3O3S. The lowest BCUT2D eigenvalue weighted by Gasteiger charge is -1.97. The van der Waals surface area contributed by atoms with Gasteiger partial charge in [0, 0.05) is 0 Å². The summed E-state index contributed by atoms with van der Waals surface area (Å²) in [6, 6.07) is 4.05. The summed E-state index contributed by atoms with van der Waals surface area (Å²) in [6.07, 6.45) is 1.06. The minimum atomic E-state index is -1.06. The number of rotatable bonds is 4. The van der Waals surface area contributed by atoms with Crippen LogP contribution in [0.1, 0.15) is 12.0 Å². The van der Waals surface area contributed by atoms with Crippen molar-refractivity contribution in [2.24, 2.45) is 10.2 Å². The van der Waals surface area contributed by atoms with Crippen molar-refractivity contribution in [1.29, 1.82) is 0 Å². The molecular weight excluding hydrogens is 321 g/mol. The minimum Gasteiger partial charge on any atom is -0.481 e. The van der Waals surface area contributed by atoms with E-state index in [1.807, 2.05) is 0 Å². The Labute approximate surface area is 128 Å². The molecule has 0 spiro atoms. The van der Waals surface area contributed by atoms with Crippen LogP contribution in [0.5, 0.6) is 0 Å². The van der Waals surface area contributed by atoms with E-state index in [-0.39, 0.29) is 16.6 Å². The lowest BCUT2D eigenvalue weighted by atomic mass is 10.2. The van der Waals surface area contributed by atoms with Gasteiger partial charge < -0.3 is 10.4 Å². The summed E-state index contributed by atoms with van der Waals surface area (Å²) in [5, 5.41) is 18.1. The number of carbonyl (C=O) groups is 2. The molecule has 1 aromatic carbocycles. The summed E-state index contributed by atoms with van der Waals surface area (Å²) in [5.74, 6) is -2.01. The first kappa shape index (κ1) is 15.5. The van der Waals surface area contributed by atoms with Crippen molar-refractivity contribution in [2.45, 2.75) is 11.7 Å². The number of amides is 1. The normalized spacial score (nSPS) is 20.2. The van der Waals surface area contributed by atoms with Crippen LogP contribution >= 0.6 is 23.4 Å². The molecule has 9 heteroatoms. The number of carboxylic acids is 1. The smallest absolute Gasteiger partial charge is 0.305 e. The molecule has 2 rings (SSSR count). The van der Waals surface area contributed by atoms with Crippen molar-refractivity contribution < 1.29 is 19.1 Å². The molecule has 0 aromatic heterocycles. The Bertz CT molecular complexity index is 651. The Hall–Kier alpha value is -1.93. The highest BCUT2D eigenvalue weighted by atomic mass is 35.5. The van der Waals surface area contributed by atoms with Crippen LogP contribution in [0.4, 0.5) is 4.39 Å². The zero-order chi connectivity index (χ0) is 15.4. The van der Waals surface area contributed by atoms with Crippen molar-refractivity contribution in [1.82, 2.24) is 5.32 Å². The van der Waals surface area contributed by atoms with Crippen LogP contribution in [0.3, 0.4) is 0 Å². The number of thioether (sulfide) groups is 1. The van der Waals surface area contributed by atoms with Crippen molar-refractivity contribution in [3.8, 4) is 0 Å². The van der Waals surface area contributed by atoms with E-state index in [4.69, 9.17) is 16.7 Å². The van der Waals surface area contributed by atoms with Gasteiger partial charge in [-0.25, -0.2) is 4.39 Å². The van der Waals surface area contributed by atoms with Gasteiger partial charge in [0.05, 0.1) is 17.7 Å². The second-order valence-electron chi connectivity index (χ2n) is 4.02. The zero-order valence-electron chi connectivity index (χ0n) is 10.4. The fourth-order valence-electron chi connectivity index (χ4n) is 1.49. The van der Waals surface area contributed by atoms with E-state index < -0.39 is 22.9 Å². The van der Waals surface area contributed by atoms with Gasteiger partial charge in [0.15, 0.2) is 5.17 Å². The van der Waals surface area contributed by atoms with Gasteiger partial charge >= 0.3 is 5.97 Å². The Morgan fingerprint density at radius 1 is 1.57 bits per heavy atom. The monoisotopic (exact) mass is 329 g/mol. The first-order valence-corrected chi connectivity index (χ1v) is 6.97. The predicted molar refractivity (Wildman–Crippen MR) is 78.2 cm³/mol. The molecule has 1 saturated heterocycles. The lowest BCUT2D eigenvalue weighted by molar-refractivity contribution is -0.138. The van der Waals surface area contributed by atoms with E-state index in [9.17, 15) is 14.0 Å². The van der Waals surface area contributed by atoms with E-state index >= 15 is 0 Å². The molecule has 1 unspecified atom stereocenters. The molecule has 1 heterocycles. The molecule has 0 aliphatic carbocycles. The molecule has 6 nitrogen and oxygen atoms in total. The van der Waals surface area contributed by atoms with Gasteiger partial charge in [-0.05, 0) is 17.7 Å². The van der Waals surface area contributed by atoms with Crippen LogP contribution in [0.2, 0.25) is 5.02 Å². The fraction of sp³-hybridized carbons (Fsp3) is 0.167. The number of hydrogen-bond acceptors (Lipinski definition) is 5. The average molecular weight is 330 g/mol.